The Morgan fingerprint density at radius 3 is 2.25 bits per heavy atom. The first-order chi connectivity index (χ1) is 9.46. The fourth-order valence-corrected chi connectivity index (χ4v) is 5.39. The molecule has 4 heteroatoms. The summed E-state index contributed by atoms with van der Waals surface area (Å²) >= 11 is 3.91. The zero-order valence-corrected chi connectivity index (χ0v) is 14.3. The SMILES string of the molecule is CC(C1OCCO1)C(Sc1ccccc1)SC(C)(C)C. The summed E-state index contributed by atoms with van der Waals surface area (Å²) in [6.45, 7) is 10.5. The van der Waals surface area contributed by atoms with Crippen molar-refractivity contribution in [1.29, 1.82) is 0 Å². The number of rotatable bonds is 5. The number of thioether (sulfide) groups is 2. The molecule has 0 amide bonds. The highest BCUT2D eigenvalue weighted by molar-refractivity contribution is 8.17. The zero-order valence-electron chi connectivity index (χ0n) is 12.7. The summed E-state index contributed by atoms with van der Waals surface area (Å²) in [6.07, 6.45) is -0.0638. The van der Waals surface area contributed by atoms with Crippen LogP contribution in [-0.4, -0.2) is 28.8 Å². The fraction of sp³-hybridized carbons (Fsp3) is 0.625. The summed E-state index contributed by atoms with van der Waals surface area (Å²) < 4.78 is 12.0. The van der Waals surface area contributed by atoms with E-state index in [0.717, 1.165) is 13.2 Å². The average molecular weight is 313 g/mol. The molecular formula is C16H24O2S2. The van der Waals surface area contributed by atoms with Gasteiger partial charge in [0.2, 0.25) is 0 Å². The molecule has 1 aliphatic rings. The van der Waals surface area contributed by atoms with Gasteiger partial charge in [-0.15, -0.1) is 23.5 Å². The molecule has 1 aromatic carbocycles. The summed E-state index contributed by atoms with van der Waals surface area (Å²) in [6, 6.07) is 10.6. The molecule has 0 saturated carbocycles. The van der Waals surface area contributed by atoms with Crippen molar-refractivity contribution in [2.24, 2.45) is 5.92 Å². The molecule has 2 nitrogen and oxygen atoms in total. The highest BCUT2D eigenvalue weighted by atomic mass is 32.2. The zero-order chi connectivity index (χ0) is 14.6. The molecule has 1 aromatic rings. The molecule has 1 aliphatic heterocycles. The molecule has 0 N–H and O–H groups in total. The topological polar surface area (TPSA) is 18.5 Å². The molecule has 1 heterocycles. The van der Waals surface area contributed by atoms with Gasteiger partial charge in [-0.25, -0.2) is 0 Å². The van der Waals surface area contributed by atoms with E-state index in [0.29, 0.717) is 10.5 Å². The Kier molecular flexibility index (Phi) is 5.84. The third-order valence-electron chi connectivity index (χ3n) is 2.97. The van der Waals surface area contributed by atoms with Gasteiger partial charge >= 0.3 is 0 Å². The van der Waals surface area contributed by atoms with Crippen LogP contribution in [0.5, 0.6) is 0 Å². The maximum Gasteiger partial charge on any atom is 0.162 e. The van der Waals surface area contributed by atoms with Crippen LogP contribution < -0.4 is 0 Å². The van der Waals surface area contributed by atoms with Crippen molar-refractivity contribution in [2.75, 3.05) is 13.2 Å². The lowest BCUT2D eigenvalue weighted by atomic mass is 10.2. The second-order valence-electron chi connectivity index (χ2n) is 6.00. The fourth-order valence-electron chi connectivity index (χ4n) is 2.03. The van der Waals surface area contributed by atoms with Crippen LogP contribution in [0.1, 0.15) is 27.7 Å². The van der Waals surface area contributed by atoms with Crippen molar-refractivity contribution in [2.45, 2.75) is 48.2 Å². The maximum absolute atomic E-state index is 5.70. The largest absolute Gasteiger partial charge is 0.350 e. The Bertz CT molecular complexity index is 397. The molecule has 1 saturated heterocycles. The van der Waals surface area contributed by atoms with Crippen molar-refractivity contribution in [1.82, 2.24) is 0 Å². The van der Waals surface area contributed by atoms with Gasteiger partial charge in [-0.1, -0.05) is 45.9 Å². The Balaban J connectivity index is 2.07. The molecule has 0 bridgehead atoms. The van der Waals surface area contributed by atoms with Crippen LogP contribution in [0.25, 0.3) is 0 Å². The van der Waals surface area contributed by atoms with E-state index in [2.05, 4.69) is 58.0 Å². The molecule has 0 radical (unpaired) electrons. The van der Waals surface area contributed by atoms with Gasteiger partial charge in [-0.3, -0.25) is 0 Å². The summed E-state index contributed by atoms with van der Waals surface area (Å²) in [7, 11) is 0. The van der Waals surface area contributed by atoms with Crippen LogP contribution in [0.4, 0.5) is 0 Å². The monoisotopic (exact) mass is 312 g/mol. The molecular weight excluding hydrogens is 288 g/mol. The Labute approximate surface area is 131 Å². The highest BCUT2D eigenvalue weighted by Crippen LogP contribution is 2.43. The van der Waals surface area contributed by atoms with Gasteiger partial charge in [0.05, 0.1) is 17.8 Å². The van der Waals surface area contributed by atoms with Gasteiger partial charge in [0.15, 0.2) is 6.29 Å². The van der Waals surface area contributed by atoms with Gasteiger partial charge in [0.1, 0.15) is 0 Å². The lowest BCUT2D eigenvalue weighted by Gasteiger charge is -2.31. The quantitative estimate of drug-likeness (QED) is 0.582. The lowest BCUT2D eigenvalue weighted by Crippen LogP contribution is -2.29. The summed E-state index contributed by atoms with van der Waals surface area (Å²) in [5, 5.41) is 0. The minimum atomic E-state index is -0.0638. The van der Waals surface area contributed by atoms with Gasteiger partial charge in [0.25, 0.3) is 0 Å². The molecule has 2 rings (SSSR count). The normalized spacial score (nSPS) is 20.0. The first-order valence-corrected chi connectivity index (χ1v) is 8.84. The van der Waals surface area contributed by atoms with Gasteiger partial charge < -0.3 is 9.47 Å². The van der Waals surface area contributed by atoms with E-state index in [1.807, 2.05) is 23.5 Å². The van der Waals surface area contributed by atoms with Crippen LogP contribution >= 0.6 is 23.5 Å². The van der Waals surface area contributed by atoms with Crippen molar-refractivity contribution in [3.8, 4) is 0 Å². The van der Waals surface area contributed by atoms with E-state index in [1.54, 1.807) is 0 Å². The van der Waals surface area contributed by atoms with Crippen LogP contribution in [-0.2, 0) is 9.47 Å². The predicted octanol–water partition coefficient (Wildman–Crippen LogP) is 4.65. The summed E-state index contributed by atoms with van der Waals surface area (Å²) in [5.41, 5.74) is 0. The van der Waals surface area contributed by atoms with E-state index < -0.39 is 0 Å². The first-order valence-electron chi connectivity index (χ1n) is 7.08. The number of ether oxygens (including phenoxy) is 2. The smallest absolute Gasteiger partial charge is 0.162 e. The minimum absolute atomic E-state index is 0.0638. The van der Waals surface area contributed by atoms with Crippen LogP contribution in [0.3, 0.4) is 0 Å². The van der Waals surface area contributed by atoms with E-state index in [1.165, 1.54) is 4.90 Å². The maximum atomic E-state index is 5.70. The average Bonchev–Trinajstić information content (AvgIpc) is 2.90. The number of hydrogen-bond donors (Lipinski definition) is 0. The molecule has 0 spiro atoms. The molecule has 112 valence electrons. The van der Waals surface area contributed by atoms with E-state index in [9.17, 15) is 0 Å². The second-order valence-corrected chi connectivity index (χ2v) is 9.48. The Hall–Kier alpha value is -0.160. The summed E-state index contributed by atoms with van der Waals surface area (Å²) in [4.78, 5) is 1.30. The highest BCUT2D eigenvalue weighted by Gasteiger charge is 2.33. The van der Waals surface area contributed by atoms with Gasteiger partial charge in [-0.2, -0.15) is 0 Å². The van der Waals surface area contributed by atoms with Crippen molar-refractivity contribution in [3.05, 3.63) is 30.3 Å². The molecule has 2 unspecified atom stereocenters. The van der Waals surface area contributed by atoms with Gasteiger partial charge in [-0.05, 0) is 12.1 Å². The van der Waals surface area contributed by atoms with Crippen molar-refractivity contribution < 1.29 is 9.47 Å². The third kappa shape index (κ3) is 4.99. The van der Waals surface area contributed by atoms with Crippen LogP contribution in [0.15, 0.2) is 35.2 Å². The summed E-state index contributed by atoms with van der Waals surface area (Å²) in [5.74, 6) is 0.354. The van der Waals surface area contributed by atoms with Crippen LogP contribution in [0, 0.1) is 5.92 Å². The van der Waals surface area contributed by atoms with Crippen LogP contribution in [0.2, 0.25) is 0 Å². The number of benzene rings is 1. The third-order valence-corrected chi connectivity index (χ3v) is 6.12. The minimum Gasteiger partial charge on any atom is -0.350 e. The van der Waals surface area contributed by atoms with E-state index >= 15 is 0 Å². The predicted molar refractivity (Wildman–Crippen MR) is 88.3 cm³/mol. The lowest BCUT2D eigenvalue weighted by molar-refractivity contribution is -0.0739. The Morgan fingerprint density at radius 2 is 1.70 bits per heavy atom. The van der Waals surface area contributed by atoms with E-state index in [4.69, 9.17) is 9.47 Å². The molecule has 0 aromatic heterocycles. The molecule has 0 aliphatic carbocycles. The first kappa shape index (κ1) is 16.2. The molecule has 1 fully saturated rings. The van der Waals surface area contributed by atoms with Crippen molar-refractivity contribution >= 4 is 23.5 Å². The standard InChI is InChI=1S/C16H24O2S2/c1-12(14-17-10-11-18-14)15(20-16(2,3)4)19-13-8-6-5-7-9-13/h5-9,12,14-15H,10-11H2,1-4H3. The molecule has 20 heavy (non-hydrogen) atoms. The van der Waals surface area contributed by atoms with Gasteiger partial charge in [0, 0.05) is 15.6 Å². The Morgan fingerprint density at radius 1 is 1.10 bits per heavy atom. The number of hydrogen-bond acceptors (Lipinski definition) is 4. The van der Waals surface area contributed by atoms with Crippen molar-refractivity contribution in [3.63, 3.8) is 0 Å². The van der Waals surface area contributed by atoms with E-state index in [-0.39, 0.29) is 11.0 Å². The second kappa shape index (κ2) is 7.21. The molecule has 2 atom stereocenters.